The maximum absolute atomic E-state index is 14.2. The molecule has 2 N–H and O–H groups in total. The number of halogens is 2. The van der Waals surface area contributed by atoms with Gasteiger partial charge in [-0.3, -0.25) is 0 Å². The fraction of sp³-hybridized carbons (Fsp3) is 0.105. The van der Waals surface area contributed by atoms with E-state index in [1.54, 1.807) is 0 Å². The number of hydrogen-bond donors (Lipinski definition) is 1. The lowest BCUT2D eigenvalue weighted by atomic mass is 10.1. The van der Waals surface area contributed by atoms with E-state index in [4.69, 9.17) is 15.2 Å². The largest absolute Gasteiger partial charge is 0.486 e. The first-order valence-electron chi connectivity index (χ1n) is 8.22. The van der Waals surface area contributed by atoms with Crippen molar-refractivity contribution in [3.8, 4) is 5.75 Å². The molecule has 4 rings (SSSR count). The van der Waals surface area contributed by atoms with Crippen LogP contribution in [0.1, 0.15) is 16.1 Å². The van der Waals surface area contributed by atoms with Crippen LogP contribution in [-0.2, 0) is 11.3 Å². The van der Waals surface area contributed by atoms with E-state index in [1.807, 2.05) is 30.3 Å². The smallest absolute Gasteiger partial charge is 0.360 e. The highest BCUT2D eigenvalue weighted by Gasteiger charge is 2.26. The zero-order chi connectivity index (χ0) is 19.8. The van der Waals surface area contributed by atoms with Gasteiger partial charge in [-0.15, -0.1) is 5.10 Å². The summed E-state index contributed by atoms with van der Waals surface area (Å²) < 4.78 is 26.5. The van der Waals surface area contributed by atoms with Gasteiger partial charge in [0.15, 0.2) is 17.1 Å². The predicted octanol–water partition coefficient (Wildman–Crippen LogP) is 3.73. The molecule has 0 spiro atoms. The Labute approximate surface area is 167 Å². The molecule has 9 heteroatoms. The maximum atomic E-state index is 14.2. The molecule has 0 aliphatic carbocycles. The molecule has 142 valence electrons. The zero-order valence-corrected chi connectivity index (χ0v) is 16.2. The van der Waals surface area contributed by atoms with E-state index in [9.17, 15) is 9.18 Å². The van der Waals surface area contributed by atoms with Gasteiger partial charge in [-0.25, -0.2) is 9.18 Å². The number of nitrogens with zero attached hydrogens (tertiary/aromatic N) is 3. The van der Waals surface area contributed by atoms with Gasteiger partial charge >= 0.3 is 5.97 Å². The highest BCUT2D eigenvalue weighted by molar-refractivity contribution is 9.10. The van der Waals surface area contributed by atoms with Crippen molar-refractivity contribution in [2.24, 2.45) is 0 Å². The number of carbonyl (C=O) groups excluding carboxylic acids is 1. The van der Waals surface area contributed by atoms with Crippen molar-refractivity contribution in [3.63, 3.8) is 0 Å². The van der Waals surface area contributed by atoms with E-state index in [0.29, 0.717) is 10.8 Å². The normalized spacial score (nSPS) is 11.1. The SMILES string of the molecule is COC(=O)c1c(OCc2ccccc2)c2ccc(F)c(Br)c2c2nc(N)nn12. The quantitative estimate of drug-likeness (QED) is 0.482. The van der Waals surface area contributed by atoms with Crippen LogP contribution in [0.5, 0.6) is 5.75 Å². The van der Waals surface area contributed by atoms with Crippen LogP contribution in [0.4, 0.5) is 10.3 Å². The number of nitrogens with two attached hydrogens (primary N) is 1. The number of carbonyl (C=O) groups is 1. The number of anilines is 1. The second kappa shape index (κ2) is 7.08. The molecule has 0 bridgehead atoms. The van der Waals surface area contributed by atoms with Crippen LogP contribution in [0.2, 0.25) is 0 Å². The number of ether oxygens (including phenoxy) is 2. The molecule has 0 saturated heterocycles. The average Bonchev–Trinajstić information content (AvgIpc) is 3.09. The van der Waals surface area contributed by atoms with Crippen LogP contribution in [0.15, 0.2) is 46.9 Å². The van der Waals surface area contributed by atoms with Crippen molar-refractivity contribution in [1.82, 2.24) is 14.6 Å². The summed E-state index contributed by atoms with van der Waals surface area (Å²) in [7, 11) is 1.25. The summed E-state index contributed by atoms with van der Waals surface area (Å²) in [5.74, 6) is -1.04. The number of nitrogen functional groups attached to an aromatic ring is 1. The molecule has 28 heavy (non-hydrogen) atoms. The van der Waals surface area contributed by atoms with E-state index >= 15 is 0 Å². The minimum Gasteiger partial charge on any atom is -0.486 e. The Bertz CT molecular complexity index is 1210. The van der Waals surface area contributed by atoms with Crippen LogP contribution in [0, 0.1) is 5.82 Å². The molecule has 0 amide bonds. The van der Waals surface area contributed by atoms with Gasteiger partial charge in [0.2, 0.25) is 5.95 Å². The summed E-state index contributed by atoms with van der Waals surface area (Å²) in [5, 5.41) is 4.94. The molecule has 4 aromatic rings. The third-order valence-electron chi connectivity index (χ3n) is 4.22. The van der Waals surface area contributed by atoms with E-state index in [-0.39, 0.29) is 34.1 Å². The Balaban J connectivity index is 2.03. The molecule has 7 nitrogen and oxygen atoms in total. The Hall–Kier alpha value is -3.20. The molecule has 0 radical (unpaired) electrons. The Morgan fingerprint density at radius 2 is 2.00 bits per heavy atom. The van der Waals surface area contributed by atoms with Gasteiger partial charge in [-0.2, -0.15) is 9.50 Å². The number of aromatic nitrogens is 3. The van der Waals surface area contributed by atoms with Gasteiger partial charge in [-0.05, 0) is 33.6 Å². The first kappa shape index (κ1) is 18.2. The zero-order valence-electron chi connectivity index (χ0n) is 14.6. The van der Waals surface area contributed by atoms with E-state index < -0.39 is 11.8 Å². The number of hydrogen-bond acceptors (Lipinski definition) is 6. The second-order valence-corrected chi connectivity index (χ2v) is 6.73. The number of methoxy groups -OCH3 is 1. The molecule has 0 saturated carbocycles. The van der Waals surface area contributed by atoms with E-state index in [2.05, 4.69) is 26.0 Å². The fourth-order valence-electron chi connectivity index (χ4n) is 2.98. The summed E-state index contributed by atoms with van der Waals surface area (Å²) >= 11 is 3.25. The summed E-state index contributed by atoms with van der Waals surface area (Å²) in [6, 6.07) is 12.2. The molecule has 0 fully saturated rings. The van der Waals surface area contributed by atoms with Gasteiger partial charge in [0.05, 0.1) is 11.6 Å². The number of fused-ring (bicyclic) bond motifs is 3. The molecule has 0 aliphatic rings. The number of rotatable bonds is 4. The number of benzene rings is 2. The lowest BCUT2D eigenvalue weighted by Gasteiger charge is -2.15. The van der Waals surface area contributed by atoms with E-state index in [0.717, 1.165) is 5.56 Å². The third kappa shape index (κ3) is 2.93. The molecule has 2 heterocycles. The number of pyridine rings is 1. The highest BCUT2D eigenvalue weighted by atomic mass is 79.9. The number of esters is 1. The fourth-order valence-corrected chi connectivity index (χ4v) is 3.50. The summed E-state index contributed by atoms with van der Waals surface area (Å²) in [5.41, 5.74) is 6.88. The van der Waals surface area contributed by atoms with Crippen LogP contribution in [0.3, 0.4) is 0 Å². The molecule has 2 aromatic heterocycles. The van der Waals surface area contributed by atoms with Crippen molar-refractivity contribution in [2.45, 2.75) is 6.61 Å². The van der Waals surface area contributed by atoms with Gasteiger partial charge in [0, 0.05) is 10.8 Å². The molecule has 0 aliphatic heterocycles. The summed E-state index contributed by atoms with van der Waals surface area (Å²) in [4.78, 5) is 16.7. The third-order valence-corrected chi connectivity index (χ3v) is 4.99. The minimum atomic E-state index is -0.680. The first-order valence-corrected chi connectivity index (χ1v) is 9.01. The maximum Gasteiger partial charge on any atom is 0.360 e. The van der Waals surface area contributed by atoms with Crippen LogP contribution >= 0.6 is 15.9 Å². The molecule has 2 aromatic carbocycles. The predicted molar refractivity (Wildman–Crippen MR) is 105 cm³/mol. The van der Waals surface area contributed by atoms with Crippen molar-refractivity contribution in [2.75, 3.05) is 12.8 Å². The lowest BCUT2D eigenvalue weighted by molar-refractivity contribution is 0.0585. The minimum absolute atomic E-state index is 0.0173. The van der Waals surface area contributed by atoms with Crippen LogP contribution in [0.25, 0.3) is 16.4 Å². The van der Waals surface area contributed by atoms with Crippen molar-refractivity contribution < 1.29 is 18.7 Å². The molecular formula is C19H14BrFN4O3. The molecule has 0 unspecified atom stereocenters. The topological polar surface area (TPSA) is 91.7 Å². The Morgan fingerprint density at radius 1 is 1.25 bits per heavy atom. The standard InChI is InChI=1S/C19H14BrFN4O3/c1-27-18(26)15-16(28-9-10-5-3-2-4-6-10)11-7-8-12(21)14(20)13(11)17-23-19(22)24-25(15)17/h2-8H,9H2,1H3,(H2,22,24). The van der Waals surface area contributed by atoms with Gasteiger partial charge < -0.3 is 15.2 Å². The monoisotopic (exact) mass is 444 g/mol. The Kier molecular flexibility index (Phi) is 4.60. The van der Waals surface area contributed by atoms with Crippen molar-refractivity contribution in [3.05, 3.63) is 64.0 Å². The molecular weight excluding hydrogens is 431 g/mol. The highest BCUT2D eigenvalue weighted by Crippen LogP contribution is 2.38. The lowest BCUT2D eigenvalue weighted by Crippen LogP contribution is -2.13. The molecule has 0 atom stereocenters. The second-order valence-electron chi connectivity index (χ2n) is 5.93. The van der Waals surface area contributed by atoms with E-state index in [1.165, 1.54) is 23.8 Å². The summed E-state index contributed by atoms with van der Waals surface area (Å²) in [6.07, 6.45) is 0. The van der Waals surface area contributed by atoms with Gasteiger partial charge in [0.25, 0.3) is 0 Å². The summed E-state index contributed by atoms with van der Waals surface area (Å²) in [6.45, 7) is 0.185. The van der Waals surface area contributed by atoms with Crippen molar-refractivity contribution >= 4 is 44.3 Å². The van der Waals surface area contributed by atoms with Gasteiger partial charge in [0.1, 0.15) is 12.4 Å². The Morgan fingerprint density at radius 3 is 2.71 bits per heavy atom. The van der Waals surface area contributed by atoms with Crippen molar-refractivity contribution in [1.29, 1.82) is 0 Å². The van der Waals surface area contributed by atoms with Crippen LogP contribution < -0.4 is 10.5 Å². The van der Waals surface area contributed by atoms with Crippen LogP contribution in [-0.4, -0.2) is 27.7 Å². The van der Waals surface area contributed by atoms with Gasteiger partial charge in [-0.1, -0.05) is 30.3 Å². The average molecular weight is 445 g/mol. The first-order chi connectivity index (χ1) is 13.5.